The Bertz CT molecular complexity index is 443. The van der Waals surface area contributed by atoms with Crippen LogP contribution in [0.1, 0.15) is 12.5 Å². The molecule has 1 unspecified atom stereocenters. The minimum Gasteiger partial charge on any atom is -0.465 e. The molecule has 0 radical (unpaired) electrons. The highest BCUT2D eigenvalue weighted by atomic mass is 79.9. The largest absolute Gasteiger partial charge is 0.465 e. The van der Waals surface area contributed by atoms with E-state index < -0.39 is 22.2 Å². The summed E-state index contributed by atoms with van der Waals surface area (Å²) in [4.78, 5) is 11.3. The van der Waals surface area contributed by atoms with E-state index in [-0.39, 0.29) is 5.75 Å². The summed E-state index contributed by atoms with van der Waals surface area (Å²) in [5.41, 5.74) is -0.854. The van der Waals surface area contributed by atoms with Crippen LogP contribution in [0.15, 0.2) is 24.3 Å². The van der Waals surface area contributed by atoms with Gasteiger partial charge in [0.15, 0.2) is 0 Å². The maximum absolute atomic E-state index is 12.5. The molecule has 3 nitrogen and oxygen atoms in total. The van der Waals surface area contributed by atoms with Crippen molar-refractivity contribution >= 4 is 21.9 Å². The van der Waals surface area contributed by atoms with Gasteiger partial charge in [-0.05, 0) is 41.1 Å². The summed E-state index contributed by atoms with van der Waals surface area (Å²) in [5, 5.41) is 0. The van der Waals surface area contributed by atoms with Gasteiger partial charge in [0.2, 0.25) is 0 Å². The van der Waals surface area contributed by atoms with E-state index in [0.717, 1.165) is 19.2 Å². The summed E-state index contributed by atoms with van der Waals surface area (Å²) in [5.74, 6) is -0.838. The molecule has 0 N–H and O–H groups in total. The van der Waals surface area contributed by atoms with Gasteiger partial charge < -0.3 is 9.47 Å². The minimum absolute atomic E-state index is 0.0883. The van der Waals surface area contributed by atoms with Crippen LogP contribution in [0.5, 0.6) is 5.75 Å². The van der Waals surface area contributed by atoms with Gasteiger partial charge in [0.1, 0.15) is 5.75 Å². The van der Waals surface area contributed by atoms with E-state index in [1.807, 2.05) is 0 Å². The molecule has 0 spiro atoms. The van der Waals surface area contributed by atoms with Gasteiger partial charge >= 0.3 is 12.1 Å². The smallest absolute Gasteiger partial charge is 0.416 e. The van der Waals surface area contributed by atoms with E-state index in [4.69, 9.17) is 4.74 Å². The molecule has 0 fully saturated rings. The second kappa shape index (κ2) is 5.17. The predicted octanol–water partition coefficient (Wildman–Crippen LogP) is 3.37. The molecule has 1 aromatic carbocycles. The van der Waals surface area contributed by atoms with Gasteiger partial charge in [-0.3, -0.25) is 0 Å². The molecule has 0 amide bonds. The molecular weight excluding hydrogens is 317 g/mol. The predicted molar refractivity (Wildman–Crippen MR) is 61.4 cm³/mol. The van der Waals surface area contributed by atoms with Gasteiger partial charge in [-0.25, -0.2) is 4.79 Å². The molecule has 0 heterocycles. The minimum atomic E-state index is -4.46. The van der Waals surface area contributed by atoms with Crippen LogP contribution in [0.3, 0.4) is 0 Å². The Morgan fingerprint density at radius 2 is 1.94 bits per heavy atom. The number of rotatable bonds is 3. The Morgan fingerprint density at radius 1 is 1.33 bits per heavy atom. The fourth-order valence-corrected chi connectivity index (χ4v) is 1.53. The number of carbonyl (C=O) groups excluding carboxylic acids is 1. The highest BCUT2D eigenvalue weighted by Crippen LogP contribution is 2.33. The van der Waals surface area contributed by atoms with Crippen molar-refractivity contribution in [1.82, 2.24) is 0 Å². The van der Waals surface area contributed by atoms with Crippen molar-refractivity contribution in [2.45, 2.75) is 17.6 Å². The van der Waals surface area contributed by atoms with Crippen LogP contribution in [-0.4, -0.2) is 17.6 Å². The van der Waals surface area contributed by atoms with Crippen molar-refractivity contribution < 1.29 is 27.4 Å². The number of alkyl halides is 4. The molecule has 18 heavy (non-hydrogen) atoms. The Labute approximate surface area is 110 Å². The van der Waals surface area contributed by atoms with Gasteiger partial charge in [0, 0.05) is 0 Å². The first kappa shape index (κ1) is 14.8. The quantitative estimate of drug-likeness (QED) is 0.631. The number of benzene rings is 1. The van der Waals surface area contributed by atoms with Crippen LogP contribution in [-0.2, 0) is 15.7 Å². The molecule has 0 aromatic heterocycles. The van der Waals surface area contributed by atoms with E-state index in [1.165, 1.54) is 19.1 Å². The summed E-state index contributed by atoms with van der Waals surface area (Å²) in [7, 11) is 1.15. The molecule has 1 rings (SSSR count). The topological polar surface area (TPSA) is 35.5 Å². The van der Waals surface area contributed by atoms with Crippen molar-refractivity contribution in [3.05, 3.63) is 29.8 Å². The third-order valence-electron chi connectivity index (χ3n) is 2.02. The zero-order chi connectivity index (χ0) is 14.0. The number of methoxy groups -OCH3 is 1. The number of carbonyl (C=O) groups is 1. The van der Waals surface area contributed by atoms with Crippen LogP contribution >= 0.6 is 15.9 Å². The van der Waals surface area contributed by atoms with Gasteiger partial charge in [0.25, 0.3) is 4.51 Å². The third kappa shape index (κ3) is 3.63. The number of esters is 1. The van der Waals surface area contributed by atoms with Crippen LogP contribution in [0.4, 0.5) is 13.2 Å². The first-order valence-electron chi connectivity index (χ1n) is 4.80. The molecule has 0 saturated carbocycles. The van der Waals surface area contributed by atoms with E-state index in [1.54, 1.807) is 0 Å². The molecule has 100 valence electrons. The molecule has 0 aliphatic rings. The highest BCUT2D eigenvalue weighted by molar-refractivity contribution is 9.10. The van der Waals surface area contributed by atoms with Gasteiger partial charge in [0.05, 0.1) is 12.7 Å². The normalized spacial score (nSPS) is 14.8. The average Bonchev–Trinajstić information content (AvgIpc) is 2.26. The molecule has 0 saturated heterocycles. The Hall–Kier alpha value is -1.24. The summed E-state index contributed by atoms with van der Waals surface area (Å²) >= 11 is 2.94. The first-order valence-corrected chi connectivity index (χ1v) is 5.60. The Kier molecular flexibility index (Phi) is 4.26. The lowest BCUT2D eigenvalue weighted by Crippen LogP contribution is -2.35. The monoisotopic (exact) mass is 326 g/mol. The highest BCUT2D eigenvalue weighted by Gasteiger charge is 2.35. The molecule has 1 aromatic rings. The van der Waals surface area contributed by atoms with Crippen molar-refractivity contribution in [3.63, 3.8) is 0 Å². The van der Waals surface area contributed by atoms with Gasteiger partial charge in [-0.15, -0.1) is 0 Å². The van der Waals surface area contributed by atoms with Crippen LogP contribution < -0.4 is 4.74 Å². The lowest BCUT2D eigenvalue weighted by molar-refractivity contribution is -0.149. The summed E-state index contributed by atoms with van der Waals surface area (Å²) in [6.07, 6.45) is -4.46. The van der Waals surface area contributed by atoms with Crippen molar-refractivity contribution in [1.29, 1.82) is 0 Å². The zero-order valence-corrected chi connectivity index (χ0v) is 11.1. The molecule has 1 atom stereocenters. The molecular formula is C11H10BrF3O3. The van der Waals surface area contributed by atoms with Crippen LogP contribution in [0, 0.1) is 0 Å². The van der Waals surface area contributed by atoms with Crippen LogP contribution in [0.25, 0.3) is 0 Å². The standard InChI is InChI=1S/C11H10BrF3O3/c1-10(12,9(16)17-2)18-8-5-3-4-7(6-8)11(13,14)15/h3-6H,1-2H3. The molecule has 0 aliphatic heterocycles. The van der Waals surface area contributed by atoms with E-state index >= 15 is 0 Å². The summed E-state index contributed by atoms with van der Waals surface area (Å²) < 4.78 is 45.4. The first-order chi connectivity index (χ1) is 8.16. The maximum atomic E-state index is 12.5. The zero-order valence-electron chi connectivity index (χ0n) is 9.55. The van der Waals surface area contributed by atoms with E-state index in [9.17, 15) is 18.0 Å². The van der Waals surface area contributed by atoms with Crippen molar-refractivity contribution in [2.24, 2.45) is 0 Å². The SMILES string of the molecule is COC(=O)C(C)(Br)Oc1cccc(C(F)(F)F)c1. The number of hydrogen-bond donors (Lipinski definition) is 0. The Morgan fingerprint density at radius 3 is 2.44 bits per heavy atom. The number of ether oxygens (including phenoxy) is 2. The maximum Gasteiger partial charge on any atom is 0.416 e. The number of halogens is 4. The van der Waals surface area contributed by atoms with Gasteiger partial charge in [-0.1, -0.05) is 6.07 Å². The summed E-state index contributed by atoms with van der Waals surface area (Å²) in [6, 6.07) is 4.23. The van der Waals surface area contributed by atoms with E-state index in [0.29, 0.717) is 0 Å². The number of hydrogen-bond acceptors (Lipinski definition) is 3. The third-order valence-corrected chi connectivity index (χ3v) is 2.51. The molecule has 0 bridgehead atoms. The molecule has 7 heteroatoms. The average molecular weight is 327 g/mol. The summed E-state index contributed by atoms with van der Waals surface area (Å²) in [6.45, 7) is 1.33. The Balaban J connectivity index is 2.96. The van der Waals surface area contributed by atoms with Crippen molar-refractivity contribution in [3.8, 4) is 5.75 Å². The fourth-order valence-electron chi connectivity index (χ4n) is 1.18. The second-order valence-corrected chi connectivity index (χ2v) is 5.05. The van der Waals surface area contributed by atoms with Gasteiger partial charge in [-0.2, -0.15) is 13.2 Å². The van der Waals surface area contributed by atoms with E-state index in [2.05, 4.69) is 20.7 Å². The fraction of sp³-hybridized carbons (Fsp3) is 0.364. The lowest BCUT2D eigenvalue weighted by Gasteiger charge is -2.21. The van der Waals surface area contributed by atoms with Crippen LogP contribution in [0.2, 0.25) is 0 Å². The van der Waals surface area contributed by atoms with Crippen molar-refractivity contribution in [2.75, 3.05) is 7.11 Å². The molecule has 0 aliphatic carbocycles. The lowest BCUT2D eigenvalue weighted by atomic mass is 10.2. The second-order valence-electron chi connectivity index (χ2n) is 3.54.